The maximum Gasteiger partial charge on any atom is 0.255 e. The van der Waals surface area contributed by atoms with Gasteiger partial charge in [0.15, 0.2) is 5.65 Å². The smallest absolute Gasteiger partial charge is 0.255 e. The van der Waals surface area contributed by atoms with E-state index in [9.17, 15) is 9.90 Å². The molecule has 0 atom stereocenters. The lowest BCUT2D eigenvalue weighted by Gasteiger charge is -2.21. The van der Waals surface area contributed by atoms with Crippen LogP contribution in [0.2, 0.25) is 0 Å². The number of rotatable bonds is 5. The number of nitrogens with zero attached hydrogens (tertiary/aromatic N) is 2. The van der Waals surface area contributed by atoms with Crippen LogP contribution in [0.25, 0.3) is 11.2 Å². The molecule has 0 radical (unpaired) electrons. The summed E-state index contributed by atoms with van der Waals surface area (Å²) in [5.74, 6) is -0.208. The third-order valence-electron chi connectivity index (χ3n) is 3.19. The number of aliphatic hydroxyl groups excluding tert-OH is 1. The van der Waals surface area contributed by atoms with E-state index in [0.717, 1.165) is 12.1 Å². The highest BCUT2D eigenvalue weighted by Crippen LogP contribution is 2.16. The van der Waals surface area contributed by atoms with Crippen molar-refractivity contribution in [1.82, 2.24) is 20.3 Å². The Bertz CT molecular complexity index is 619. The third kappa shape index (κ3) is 2.96. The number of amides is 1. The first-order chi connectivity index (χ1) is 9.46. The Kier molecular flexibility index (Phi) is 4.04. The minimum atomic E-state index is -0.345. The largest absolute Gasteiger partial charge is 0.396 e. The molecular formula is C14H20N4O2. The van der Waals surface area contributed by atoms with Crippen molar-refractivity contribution in [3.8, 4) is 0 Å². The van der Waals surface area contributed by atoms with E-state index in [-0.39, 0.29) is 17.9 Å². The molecule has 0 aliphatic heterocycles. The maximum absolute atomic E-state index is 12.2. The molecule has 0 aliphatic carbocycles. The second-order valence-corrected chi connectivity index (χ2v) is 5.62. The topological polar surface area (TPSA) is 90.9 Å². The molecule has 108 valence electrons. The van der Waals surface area contributed by atoms with Crippen LogP contribution >= 0.6 is 0 Å². The molecule has 2 aromatic heterocycles. The Morgan fingerprint density at radius 3 is 2.90 bits per heavy atom. The van der Waals surface area contributed by atoms with E-state index in [0.29, 0.717) is 23.3 Å². The van der Waals surface area contributed by atoms with Gasteiger partial charge in [0.2, 0.25) is 0 Å². The lowest BCUT2D eigenvalue weighted by molar-refractivity contribution is 0.0912. The average molecular weight is 276 g/mol. The molecule has 20 heavy (non-hydrogen) atoms. The average Bonchev–Trinajstić information content (AvgIpc) is 2.87. The van der Waals surface area contributed by atoms with Gasteiger partial charge in [-0.3, -0.25) is 4.79 Å². The summed E-state index contributed by atoms with van der Waals surface area (Å²) in [6, 6.07) is 0. The van der Waals surface area contributed by atoms with Crippen molar-refractivity contribution in [3.05, 3.63) is 23.7 Å². The van der Waals surface area contributed by atoms with E-state index in [1.165, 1.54) is 0 Å². The zero-order valence-electron chi connectivity index (χ0n) is 12.0. The van der Waals surface area contributed by atoms with Crippen molar-refractivity contribution in [1.29, 1.82) is 0 Å². The second kappa shape index (κ2) is 5.58. The zero-order chi connectivity index (χ0) is 14.8. The number of carbonyl (C=O) groups excluding carboxylic acids is 1. The molecule has 2 aromatic rings. The van der Waals surface area contributed by atoms with Crippen LogP contribution in [0.15, 0.2) is 12.4 Å². The molecule has 0 bridgehead atoms. The van der Waals surface area contributed by atoms with E-state index in [4.69, 9.17) is 0 Å². The fraction of sp³-hybridized carbons (Fsp3) is 0.500. The van der Waals surface area contributed by atoms with E-state index in [1.807, 2.05) is 20.8 Å². The molecule has 3 N–H and O–H groups in total. The number of nitrogens with one attached hydrogen (secondary N) is 2. The normalized spacial score (nSPS) is 11.8. The highest BCUT2D eigenvalue weighted by atomic mass is 16.3. The van der Waals surface area contributed by atoms with Gasteiger partial charge in [0.05, 0.1) is 17.5 Å². The molecule has 6 heteroatoms. The van der Waals surface area contributed by atoms with Gasteiger partial charge in [0.1, 0.15) is 5.52 Å². The van der Waals surface area contributed by atoms with Crippen LogP contribution in [0, 0.1) is 5.41 Å². The van der Waals surface area contributed by atoms with Gasteiger partial charge in [0.25, 0.3) is 5.91 Å². The van der Waals surface area contributed by atoms with E-state index in [1.54, 1.807) is 12.4 Å². The Morgan fingerprint density at radius 1 is 1.50 bits per heavy atom. The summed E-state index contributed by atoms with van der Waals surface area (Å²) in [4.78, 5) is 23.8. The molecule has 0 spiro atoms. The molecule has 1 amide bonds. The zero-order valence-corrected chi connectivity index (χ0v) is 12.0. The summed E-state index contributed by atoms with van der Waals surface area (Å²) in [7, 11) is 0. The summed E-state index contributed by atoms with van der Waals surface area (Å²) in [6.45, 7) is 6.18. The van der Waals surface area contributed by atoms with Crippen LogP contribution in [0.4, 0.5) is 0 Å². The first kappa shape index (κ1) is 14.5. The van der Waals surface area contributed by atoms with Gasteiger partial charge in [-0.15, -0.1) is 0 Å². The molecule has 0 aliphatic rings. The van der Waals surface area contributed by atoms with Crippen LogP contribution in [0.3, 0.4) is 0 Å². The minimum absolute atomic E-state index is 0.0148. The number of carbonyl (C=O) groups is 1. The van der Waals surface area contributed by atoms with Gasteiger partial charge < -0.3 is 15.4 Å². The van der Waals surface area contributed by atoms with Gasteiger partial charge in [-0.25, -0.2) is 9.97 Å². The number of hydrogen-bond donors (Lipinski definition) is 3. The quantitative estimate of drug-likeness (QED) is 0.767. The predicted octanol–water partition coefficient (Wildman–Crippen LogP) is 1.27. The monoisotopic (exact) mass is 276 g/mol. The first-order valence-corrected chi connectivity index (χ1v) is 6.69. The lowest BCUT2D eigenvalue weighted by atomic mass is 9.95. The molecule has 0 aromatic carbocycles. The van der Waals surface area contributed by atoms with Crippen LogP contribution in [-0.4, -0.2) is 39.1 Å². The standard InChI is InChI=1S/C14H20N4O2/c1-4-9-5-15-12-11(18-9)10(6-16-12)13(20)17-7-14(2,3)8-19/h5-6,19H,4,7-8H2,1-3H3,(H,15,16)(H,17,20). The van der Waals surface area contributed by atoms with Crippen LogP contribution in [-0.2, 0) is 6.42 Å². The molecule has 2 rings (SSSR count). The number of H-pyrrole nitrogens is 1. The molecule has 2 heterocycles. The number of aromatic amines is 1. The maximum atomic E-state index is 12.2. The number of fused-ring (bicyclic) bond motifs is 1. The van der Waals surface area contributed by atoms with Gasteiger partial charge in [-0.2, -0.15) is 0 Å². The Balaban J connectivity index is 2.22. The Labute approximate surface area is 117 Å². The fourth-order valence-electron chi connectivity index (χ4n) is 1.74. The van der Waals surface area contributed by atoms with Crippen molar-refractivity contribution in [2.75, 3.05) is 13.2 Å². The van der Waals surface area contributed by atoms with Crippen molar-refractivity contribution >= 4 is 17.1 Å². The summed E-state index contributed by atoms with van der Waals surface area (Å²) >= 11 is 0. The van der Waals surface area contributed by atoms with E-state index < -0.39 is 0 Å². The predicted molar refractivity (Wildman–Crippen MR) is 76.5 cm³/mol. The molecule has 0 saturated carbocycles. The third-order valence-corrected chi connectivity index (χ3v) is 3.19. The van der Waals surface area contributed by atoms with Crippen LogP contribution in [0.1, 0.15) is 36.8 Å². The summed E-state index contributed by atoms with van der Waals surface area (Å²) in [5.41, 5.74) is 2.18. The number of hydrogen-bond acceptors (Lipinski definition) is 4. The molecule has 6 nitrogen and oxygen atoms in total. The van der Waals surface area contributed by atoms with Crippen LogP contribution in [0.5, 0.6) is 0 Å². The SMILES string of the molecule is CCc1cnc2[nH]cc(C(=O)NCC(C)(C)CO)c2n1. The highest BCUT2D eigenvalue weighted by Gasteiger charge is 2.20. The van der Waals surface area contributed by atoms with Gasteiger partial charge in [-0.05, 0) is 6.42 Å². The number of aryl methyl sites for hydroxylation is 1. The van der Waals surface area contributed by atoms with Crippen molar-refractivity contribution in [3.63, 3.8) is 0 Å². The Morgan fingerprint density at radius 2 is 2.25 bits per heavy atom. The van der Waals surface area contributed by atoms with Crippen molar-refractivity contribution < 1.29 is 9.90 Å². The van der Waals surface area contributed by atoms with E-state index >= 15 is 0 Å². The van der Waals surface area contributed by atoms with Gasteiger partial charge >= 0.3 is 0 Å². The van der Waals surface area contributed by atoms with Gasteiger partial charge in [-0.1, -0.05) is 20.8 Å². The highest BCUT2D eigenvalue weighted by molar-refractivity contribution is 6.04. The van der Waals surface area contributed by atoms with E-state index in [2.05, 4.69) is 20.3 Å². The lowest BCUT2D eigenvalue weighted by Crippen LogP contribution is -2.36. The van der Waals surface area contributed by atoms with Crippen molar-refractivity contribution in [2.24, 2.45) is 5.41 Å². The first-order valence-electron chi connectivity index (χ1n) is 6.69. The Hall–Kier alpha value is -1.95. The molecular weight excluding hydrogens is 256 g/mol. The van der Waals surface area contributed by atoms with Crippen molar-refractivity contribution in [2.45, 2.75) is 27.2 Å². The molecule has 0 fully saturated rings. The fourth-order valence-corrected chi connectivity index (χ4v) is 1.74. The minimum Gasteiger partial charge on any atom is -0.396 e. The molecule has 0 saturated heterocycles. The summed E-state index contributed by atoms with van der Waals surface area (Å²) in [5, 5.41) is 12.0. The number of aromatic nitrogens is 3. The van der Waals surface area contributed by atoms with Crippen LogP contribution < -0.4 is 5.32 Å². The molecule has 0 unspecified atom stereocenters. The summed E-state index contributed by atoms with van der Waals surface area (Å²) in [6.07, 6.45) is 4.09. The van der Waals surface area contributed by atoms with Gasteiger partial charge in [0, 0.05) is 24.8 Å². The number of aliphatic hydroxyl groups is 1. The second-order valence-electron chi connectivity index (χ2n) is 5.62. The summed E-state index contributed by atoms with van der Waals surface area (Å²) < 4.78 is 0.